The summed E-state index contributed by atoms with van der Waals surface area (Å²) in [6, 6.07) is 6.54. The van der Waals surface area contributed by atoms with Crippen molar-refractivity contribution in [2.24, 2.45) is 0 Å². The predicted octanol–water partition coefficient (Wildman–Crippen LogP) is 2.22. The summed E-state index contributed by atoms with van der Waals surface area (Å²) in [5.41, 5.74) is 2.30. The van der Waals surface area contributed by atoms with Crippen molar-refractivity contribution in [2.45, 2.75) is 19.4 Å². The Kier molecular flexibility index (Phi) is 4.47. The van der Waals surface area contributed by atoms with Gasteiger partial charge in [0.25, 0.3) is 0 Å². The predicted molar refractivity (Wildman–Crippen MR) is 70.0 cm³/mol. The maximum absolute atomic E-state index is 12.8. The fourth-order valence-electron chi connectivity index (χ4n) is 1.87. The zero-order chi connectivity index (χ0) is 12.8. The van der Waals surface area contributed by atoms with Gasteiger partial charge in [-0.2, -0.15) is 5.10 Å². The van der Waals surface area contributed by atoms with Crippen LogP contribution in [0.5, 0.6) is 0 Å². The second-order valence-corrected chi connectivity index (χ2v) is 4.38. The average molecular weight is 247 g/mol. The highest BCUT2D eigenvalue weighted by Crippen LogP contribution is 2.07. The van der Waals surface area contributed by atoms with Gasteiger partial charge in [-0.05, 0) is 49.7 Å². The van der Waals surface area contributed by atoms with Gasteiger partial charge < -0.3 is 5.32 Å². The van der Waals surface area contributed by atoms with Crippen molar-refractivity contribution in [1.29, 1.82) is 0 Å². The molecule has 96 valence electrons. The number of nitrogens with one attached hydrogen (secondary N) is 1. The van der Waals surface area contributed by atoms with Crippen molar-refractivity contribution in [3.8, 4) is 0 Å². The van der Waals surface area contributed by atoms with E-state index in [0.717, 1.165) is 24.9 Å². The van der Waals surface area contributed by atoms with E-state index in [-0.39, 0.29) is 5.82 Å². The van der Waals surface area contributed by atoms with Gasteiger partial charge in [-0.1, -0.05) is 12.1 Å². The Balaban J connectivity index is 1.91. The quantitative estimate of drug-likeness (QED) is 0.793. The number of hydrogen-bond acceptors (Lipinski definition) is 2. The molecule has 0 spiro atoms. The molecule has 0 aliphatic heterocycles. The molecule has 1 heterocycles. The van der Waals surface area contributed by atoms with Crippen molar-refractivity contribution < 1.29 is 4.39 Å². The molecule has 0 aliphatic carbocycles. The minimum atomic E-state index is -0.202. The van der Waals surface area contributed by atoms with Gasteiger partial charge in [0.05, 0.1) is 12.7 Å². The molecule has 2 aromatic rings. The van der Waals surface area contributed by atoms with E-state index >= 15 is 0 Å². The van der Waals surface area contributed by atoms with Crippen LogP contribution in [0, 0.1) is 5.82 Å². The third kappa shape index (κ3) is 3.67. The van der Waals surface area contributed by atoms with Crippen molar-refractivity contribution >= 4 is 0 Å². The van der Waals surface area contributed by atoms with Gasteiger partial charge in [0.2, 0.25) is 0 Å². The van der Waals surface area contributed by atoms with Gasteiger partial charge in [-0.15, -0.1) is 0 Å². The maximum atomic E-state index is 12.8. The summed E-state index contributed by atoms with van der Waals surface area (Å²) in [5.74, 6) is -0.202. The molecule has 0 saturated heterocycles. The summed E-state index contributed by atoms with van der Waals surface area (Å²) in [6.45, 7) is 1.70. The van der Waals surface area contributed by atoms with Crippen molar-refractivity contribution in [3.63, 3.8) is 0 Å². The minimum absolute atomic E-state index is 0.202. The Morgan fingerprint density at radius 3 is 2.72 bits per heavy atom. The normalized spacial score (nSPS) is 10.8. The van der Waals surface area contributed by atoms with Gasteiger partial charge in [-0.3, -0.25) is 4.68 Å². The van der Waals surface area contributed by atoms with E-state index in [0.29, 0.717) is 6.54 Å². The molecule has 0 fully saturated rings. The molecule has 0 aliphatic rings. The number of aryl methyl sites for hydroxylation is 1. The maximum Gasteiger partial charge on any atom is 0.123 e. The molecule has 2 rings (SSSR count). The van der Waals surface area contributed by atoms with Crippen LogP contribution in [0.4, 0.5) is 4.39 Å². The monoisotopic (exact) mass is 247 g/mol. The standard InChI is InChI=1S/C14H18FN3/c1-16-8-2-3-13-9-17-18(11-13)10-12-4-6-14(15)7-5-12/h4-7,9,11,16H,2-3,8,10H2,1H3. The molecular weight excluding hydrogens is 229 g/mol. The largest absolute Gasteiger partial charge is 0.320 e. The number of benzene rings is 1. The van der Waals surface area contributed by atoms with E-state index in [1.165, 1.54) is 17.7 Å². The first-order chi connectivity index (χ1) is 8.78. The lowest BCUT2D eigenvalue weighted by Crippen LogP contribution is -2.08. The van der Waals surface area contributed by atoms with Crippen molar-refractivity contribution in [1.82, 2.24) is 15.1 Å². The van der Waals surface area contributed by atoms with Crippen LogP contribution in [0.1, 0.15) is 17.5 Å². The highest BCUT2D eigenvalue weighted by molar-refractivity contribution is 5.16. The molecular formula is C14H18FN3. The Labute approximate surface area is 107 Å². The lowest BCUT2D eigenvalue weighted by Gasteiger charge is -2.01. The first-order valence-electron chi connectivity index (χ1n) is 6.18. The summed E-state index contributed by atoms with van der Waals surface area (Å²) >= 11 is 0. The van der Waals surface area contributed by atoms with E-state index in [9.17, 15) is 4.39 Å². The van der Waals surface area contributed by atoms with Crippen molar-refractivity contribution in [3.05, 3.63) is 53.6 Å². The van der Waals surface area contributed by atoms with E-state index in [4.69, 9.17) is 0 Å². The first-order valence-corrected chi connectivity index (χ1v) is 6.18. The first kappa shape index (κ1) is 12.8. The highest BCUT2D eigenvalue weighted by atomic mass is 19.1. The Morgan fingerprint density at radius 2 is 2.00 bits per heavy atom. The van der Waals surface area contributed by atoms with Crippen LogP contribution in [-0.4, -0.2) is 23.4 Å². The number of rotatable bonds is 6. The van der Waals surface area contributed by atoms with E-state index < -0.39 is 0 Å². The van der Waals surface area contributed by atoms with Gasteiger partial charge in [0, 0.05) is 6.20 Å². The van der Waals surface area contributed by atoms with Gasteiger partial charge in [-0.25, -0.2) is 4.39 Å². The third-order valence-corrected chi connectivity index (χ3v) is 2.84. The van der Waals surface area contributed by atoms with E-state index in [1.807, 2.05) is 17.9 Å². The highest BCUT2D eigenvalue weighted by Gasteiger charge is 2.00. The van der Waals surface area contributed by atoms with Gasteiger partial charge in [0.1, 0.15) is 5.82 Å². The Hall–Kier alpha value is -1.68. The number of hydrogen-bond donors (Lipinski definition) is 1. The minimum Gasteiger partial charge on any atom is -0.320 e. The second-order valence-electron chi connectivity index (χ2n) is 4.38. The molecule has 0 atom stereocenters. The molecule has 1 aromatic carbocycles. The summed E-state index contributed by atoms with van der Waals surface area (Å²) in [4.78, 5) is 0. The van der Waals surface area contributed by atoms with Crippen LogP contribution < -0.4 is 5.32 Å². The lowest BCUT2D eigenvalue weighted by molar-refractivity contribution is 0.624. The summed E-state index contributed by atoms with van der Waals surface area (Å²) in [7, 11) is 1.96. The van der Waals surface area contributed by atoms with E-state index in [2.05, 4.69) is 16.6 Å². The van der Waals surface area contributed by atoms with Crippen LogP contribution in [-0.2, 0) is 13.0 Å². The van der Waals surface area contributed by atoms with Gasteiger partial charge >= 0.3 is 0 Å². The molecule has 0 amide bonds. The fourth-order valence-corrected chi connectivity index (χ4v) is 1.87. The SMILES string of the molecule is CNCCCc1cnn(Cc2ccc(F)cc2)c1. The summed E-state index contributed by atoms with van der Waals surface area (Å²) < 4.78 is 14.7. The smallest absolute Gasteiger partial charge is 0.123 e. The summed E-state index contributed by atoms with van der Waals surface area (Å²) in [6.07, 6.45) is 6.10. The number of aromatic nitrogens is 2. The molecule has 1 N–H and O–H groups in total. The average Bonchev–Trinajstić information content (AvgIpc) is 2.80. The molecule has 0 saturated carbocycles. The van der Waals surface area contributed by atoms with E-state index in [1.54, 1.807) is 12.1 Å². The zero-order valence-corrected chi connectivity index (χ0v) is 10.6. The Bertz CT molecular complexity index is 476. The molecule has 0 radical (unpaired) electrons. The number of nitrogens with zero attached hydrogens (tertiary/aromatic N) is 2. The van der Waals surface area contributed by atoms with Crippen LogP contribution >= 0.6 is 0 Å². The fraction of sp³-hybridized carbons (Fsp3) is 0.357. The molecule has 4 heteroatoms. The van der Waals surface area contributed by atoms with Gasteiger partial charge in [0.15, 0.2) is 0 Å². The van der Waals surface area contributed by atoms with Crippen LogP contribution in [0.25, 0.3) is 0 Å². The lowest BCUT2D eigenvalue weighted by atomic mass is 10.2. The zero-order valence-electron chi connectivity index (χ0n) is 10.6. The second kappa shape index (κ2) is 6.31. The molecule has 18 heavy (non-hydrogen) atoms. The van der Waals surface area contributed by atoms with Crippen molar-refractivity contribution in [2.75, 3.05) is 13.6 Å². The molecule has 1 aromatic heterocycles. The molecule has 0 unspecified atom stereocenters. The van der Waals surface area contributed by atoms with Crippen LogP contribution in [0.3, 0.4) is 0 Å². The topological polar surface area (TPSA) is 29.9 Å². The third-order valence-electron chi connectivity index (χ3n) is 2.84. The Morgan fingerprint density at radius 1 is 1.22 bits per heavy atom. The van der Waals surface area contributed by atoms with Crippen LogP contribution in [0.2, 0.25) is 0 Å². The summed E-state index contributed by atoms with van der Waals surface area (Å²) in [5, 5.41) is 7.44. The number of halogens is 1. The van der Waals surface area contributed by atoms with Crippen LogP contribution in [0.15, 0.2) is 36.7 Å². The molecule has 0 bridgehead atoms. The molecule has 3 nitrogen and oxygen atoms in total.